The third-order valence-electron chi connectivity index (χ3n) is 2.12. The summed E-state index contributed by atoms with van der Waals surface area (Å²) in [6, 6.07) is 8.85. The summed E-state index contributed by atoms with van der Waals surface area (Å²) in [6.07, 6.45) is 1.40. The fraction of sp³-hybridized carbons (Fsp3) is 0.0909. The van der Waals surface area contributed by atoms with Gasteiger partial charge < -0.3 is 5.32 Å². The molecule has 2 aromatic rings. The Morgan fingerprint density at radius 1 is 1.38 bits per heavy atom. The first kappa shape index (κ1) is 10.7. The molecule has 0 aliphatic heterocycles. The maximum Gasteiger partial charge on any atom is 0.332 e. The number of rotatable bonds is 1. The standard InChI is InChI=1S/C11H10ClN3O/c1-8-10(12)15(7-13-8)11(16)14-9-5-3-2-4-6-9/h2-7H,1H3,(H,14,16). The van der Waals surface area contributed by atoms with E-state index < -0.39 is 0 Å². The number of carbonyl (C=O) groups is 1. The number of nitrogens with one attached hydrogen (secondary N) is 1. The quantitative estimate of drug-likeness (QED) is 0.826. The molecule has 1 aromatic heterocycles. The molecule has 4 nitrogen and oxygen atoms in total. The predicted molar refractivity (Wildman–Crippen MR) is 62.8 cm³/mol. The summed E-state index contributed by atoms with van der Waals surface area (Å²) in [6.45, 7) is 1.74. The number of anilines is 1. The molecule has 1 aromatic carbocycles. The second-order valence-corrected chi connectivity index (χ2v) is 3.64. The van der Waals surface area contributed by atoms with Gasteiger partial charge in [0.2, 0.25) is 0 Å². The molecule has 0 spiro atoms. The van der Waals surface area contributed by atoms with Crippen LogP contribution in [0.5, 0.6) is 0 Å². The number of para-hydroxylation sites is 1. The summed E-state index contributed by atoms with van der Waals surface area (Å²) >= 11 is 5.91. The van der Waals surface area contributed by atoms with Crippen molar-refractivity contribution in [1.29, 1.82) is 0 Å². The molecule has 0 saturated carbocycles. The van der Waals surface area contributed by atoms with Crippen molar-refractivity contribution < 1.29 is 4.79 Å². The highest BCUT2D eigenvalue weighted by atomic mass is 35.5. The van der Waals surface area contributed by atoms with E-state index >= 15 is 0 Å². The van der Waals surface area contributed by atoms with E-state index in [1.165, 1.54) is 10.9 Å². The zero-order valence-electron chi connectivity index (χ0n) is 8.64. The van der Waals surface area contributed by atoms with Crippen molar-refractivity contribution in [2.75, 3.05) is 5.32 Å². The number of imidazole rings is 1. The van der Waals surface area contributed by atoms with E-state index in [0.717, 1.165) is 5.69 Å². The van der Waals surface area contributed by atoms with Crippen LogP contribution in [0.15, 0.2) is 36.7 Å². The lowest BCUT2D eigenvalue weighted by Gasteiger charge is -2.05. The molecule has 1 heterocycles. The van der Waals surface area contributed by atoms with Gasteiger partial charge in [0, 0.05) is 5.69 Å². The van der Waals surface area contributed by atoms with Crippen molar-refractivity contribution >= 4 is 23.3 Å². The van der Waals surface area contributed by atoms with Gasteiger partial charge in [-0.25, -0.2) is 14.3 Å². The molecular weight excluding hydrogens is 226 g/mol. The normalized spacial score (nSPS) is 10.1. The van der Waals surface area contributed by atoms with Crippen molar-refractivity contribution in [2.45, 2.75) is 6.92 Å². The van der Waals surface area contributed by atoms with Crippen LogP contribution in [-0.2, 0) is 0 Å². The first-order valence-electron chi connectivity index (χ1n) is 4.74. The lowest BCUT2D eigenvalue weighted by Crippen LogP contribution is -2.18. The summed E-state index contributed by atoms with van der Waals surface area (Å²) < 4.78 is 1.27. The van der Waals surface area contributed by atoms with Crippen LogP contribution in [0.2, 0.25) is 5.15 Å². The smallest absolute Gasteiger partial charge is 0.307 e. The van der Waals surface area contributed by atoms with Gasteiger partial charge in [0.05, 0.1) is 5.69 Å². The lowest BCUT2D eigenvalue weighted by molar-refractivity contribution is 0.253. The van der Waals surface area contributed by atoms with Crippen LogP contribution in [0, 0.1) is 6.92 Å². The molecule has 0 bridgehead atoms. The molecule has 0 aliphatic carbocycles. The van der Waals surface area contributed by atoms with Crippen LogP contribution in [-0.4, -0.2) is 15.6 Å². The predicted octanol–water partition coefficient (Wildman–Crippen LogP) is 2.93. The van der Waals surface area contributed by atoms with Gasteiger partial charge >= 0.3 is 6.03 Å². The molecule has 0 fully saturated rings. The van der Waals surface area contributed by atoms with Crippen LogP contribution in [0.3, 0.4) is 0 Å². The molecule has 82 valence electrons. The van der Waals surface area contributed by atoms with Crippen LogP contribution < -0.4 is 5.32 Å². The zero-order valence-corrected chi connectivity index (χ0v) is 9.40. The van der Waals surface area contributed by atoms with Crippen molar-refractivity contribution in [3.05, 3.63) is 47.5 Å². The van der Waals surface area contributed by atoms with Crippen LogP contribution in [0.4, 0.5) is 10.5 Å². The van der Waals surface area contributed by atoms with E-state index in [9.17, 15) is 4.79 Å². The van der Waals surface area contributed by atoms with E-state index in [1.807, 2.05) is 18.2 Å². The summed E-state index contributed by atoms with van der Waals surface area (Å²) in [7, 11) is 0. The summed E-state index contributed by atoms with van der Waals surface area (Å²) in [5.74, 6) is 0. The second kappa shape index (κ2) is 4.37. The lowest BCUT2D eigenvalue weighted by atomic mass is 10.3. The van der Waals surface area contributed by atoms with Crippen LogP contribution >= 0.6 is 11.6 Å². The number of hydrogen-bond donors (Lipinski definition) is 1. The van der Waals surface area contributed by atoms with Gasteiger partial charge in [0.1, 0.15) is 11.5 Å². The molecule has 2 rings (SSSR count). The Balaban J connectivity index is 2.18. The van der Waals surface area contributed by atoms with Crippen LogP contribution in [0.1, 0.15) is 5.69 Å². The highest BCUT2D eigenvalue weighted by molar-refractivity contribution is 6.31. The highest BCUT2D eigenvalue weighted by Gasteiger charge is 2.11. The van der Waals surface area contributed by atoms with Gasteiger partial charge in [0.15, 0.2) is 0 Å². The van der Waals surface area contributed by atoms with E-state index in [4.69, 9.17) is 11.6 Å². The van der Waals surface area contributed by atoms with Gasteiger partial charge in [-0.2, -0.15) is 0 Å². The number of aromatic nitrogens is 2. The average molecular weight is 236 g/mol. The number of halogens is 1. The van der Waals surface area contributed by atoms with Crippen molar-refractivity contribution in [3.63, 3.8) is 0 Å². The first-order valence-corrected chi connectivity index (χ1v) is 5.12. The Labute approximate surface area is 97.9 Å². The van der Waals surface area contributed by atoms with Crippen LogP contribution in [0.25, 0.3) is 0 Å². The minimum Gasteiger partial charge on any atom is -0.307 e. The van der Waals surface area contributed by atoms with Crippen molar-refractivity contribution in [2.24, 2.45) is 0 Å². The van der Waals surface area contributed by atoms with E-state index in [1.54, 1.807) is 19.1 Å². The monoisotopic (exact) mass is 235 g/mol. The number of amides is 1. The molecule has 0 aliphatic rings. The minimum absolute atomic E-state index is 0.322. The Hall–Kier alpha value is -1.81. The average Bonchev–Trinajstić information content (AvgIpc) is 2.61. The number of nitrogens with zero attached hydrogens (tertiary/aromatic N) is 2. The molecule has 0 radical (unpaired) electrons. The summed E-state index contributed by atoms with van der Waals surface area (Å²) in [5.41, 5.74) is 1.35. The van der Waals surface area contributed by atoms with E-state index in [-0.39, 0.29) is 6.03 Å². The molecule has 16 heavy (non-hydrogen) atoms. The van der Waals surface area contributed by atoms with E-state index in [2.05, 4.69) is 10.3 Å². The fourth-order valence-corrected chi connectivity index (χ4v) is 1.44. The van der Waals surface area contributed by atoms with Gasteiger partial charge in [-0.05, 0) is 19.1 Å². The van der Waals surface area contributed by atoms with Gasteiger partial charge in [-0.15, -0.1) is 0 Å². The van der Waals surface area contributed by atoms with Gasteiger partial charge in [0.25, 0.3) is 0 Å². The largest absolute Gasteiger partial charge is 0.332 e. The summed E-state index contributed by atoms with van der Waals surface area (Å²) in [4.78, 5) is 15.7. The Morgan fingerprint density at radius 3 is 2.62 bits per heavy atom. The molecule has 1 amide bonds. The molecular formula is C11H10ClN3O. The number of aryl methyl sites for hydroxylation is 1. The van der Waals surface area contributed by atoms with Crippen molar-refractivity contribution in [3.8, 4) is 0 Å². The number of carbonyl (C=O) groups excluding carboxylic acids is 1. The zero-order chi connectivity index (χ0) is 11.5. The first-order chi connectivity index (χ1) is 7.68. The Kier molecular flexibility index (Phi) is 2.92. The second-order valence-electron chi connectivity index (χ2n) is 3.29. The SMILES string of the molecule is Cc1ncn(C(=O)Nc2ccccc2)c1Cl. The van der Waals surface area contributed by atoms with Gasteiger partial charge in [-0.1, -0.05) is 29.8 Å². The molecule has 0 saturated heterocycles. The van der Waals surface area contributed by atoms with Gasteiger partial charge in [-0.3, -0.25) is 0 Å². The number of benzene rings is 1. The molecule has 0 unspecified atom stereocenters. The summed E-state index contributed by atoms with van der Waals surface area (Å²) in [5, 5.41) is 3.04. The van der Waals surface area contributed by atoms with E-state index in [0.29, 0.717) is 10.8 Å². The third kappa shape index (κ3) is 2.06. The maximum absolute atomic E-state index is 11.8. The highest BCUT2D eigenvalue weighted by Crippen LogP contribution is 2.14. The maximum atomic E-state index is 11.8. The molecule has 5 heteroatoms. The molecule has 1 N–H and O–H groups in total. The van der Waals surface area contributed by atoms with Crippen molar-refractivity contribution in [1.82, 2.24) is 9.55 Å². The molecule has 0 atom stereocenters. The Morgan fingerprint density at radius 2 is 2.06 bits per heavy atom. The third-order valence-corrected chi connectivity index (χ3v) is 2.58. The minimum atomic E-state index is -0.322. The topological polar surface area (TPSA) is 46.9 Å². The number of hydrogen-bond acceptors (Lipinski definition) is 2. The fourth-order valence-electron chi connectivity index (χ4n) is 1.27. The Bertz CT molecular complexity index is 507.